The van der Waals surface area contributed by atoms with Gasteiger partial charge < -0.3 is 31.1 Å². The largest absolute Gasteiger partial charge is 0.507 e. The Bertz CT molecular complexity index is 824. The van der Waals surface area contributed by atoms with Crippen LogP contribution >= 0.6 is 0 Å². The highest BCUT2D eigenvalue weighted by molar-refractivity contribution is 5.98. The van der Waals surface area contributed by atoms with Crippen molar-refractivity contribution in [1.82, 2.24) is 10.6 Å². The number of unbranched alkanes of at least 4 members (excludes halogenated alkanes) is 1. The Morgan fingerprint density at radius 1 is 0.857 bits per heavy atom. The minimum Gasteiger partial charge on any atom is -0.507 e. The molecule has 8 nitrogen and oxygen atoms in total. The molecule has 0 aliphatic carbocycles. The Labute approximate surface area is 162 Å². The zero-order valence-corrected chi connectivity index (χ0v) is 15.3. The van der Waals surface area contributed by atoms with Gasteiger partial charge in [-0.05, 0) is 43.5 Å². The van der Waals surface area contributed by atoms with Gasteiger partial charge in [0.25, 0.3) is 11.8 Å². The number of hydrogen-bond donors (Lipinski definition) is 6. The van der Waals surface area contributed by atoms with E-state index in [2.05, 4.69) is 10.6 Å². The summed E-state index contributed by atoms with van der Waals surface area (Å²) in [7, 11) is 0. The number of amides is 2. The molecule has 0 spiro atoms. The van der Waals surface area contributed by atoms with Gasteiger partial charge in [-0.1, -0.05) is 18.2 Å². The summed E-state index contributed by atoms with van der Waals surface area (Å²) in [5.41, 5.74) is 0.127. The number of phenolic OH excluding ortho intramolecular Hbond substituents is 3. The van der Waals surface area contributed by atoms with E-state index in [4.69, 9.17) is 0 Å². The van der Waals surface area contributed by atoms with Gasteiger partial charge in [0.2, 0.25) is 0 Å². The number of aliphatic hydroxyl groups excluding tert-OH is 1. The summed E-state index contributed by atoms with van der Waals surface area (Å²) in [5.74, 6) is -1.96. The summed E-state index contributed by atoms with van der Waals surface area (Å²) in [6.07, 6.45) is 1.70. The van der Waals surface area contributed by atoms with Crippen molar-refractivity contribution >= 4 is 11.8 Å². The maximum Gasteiger partial charge on any atom is 0.255 e. The molecule has 0 saturated heterocycles. The van der Waals surface area contributed by atoms with Gasteiger partial charge in [-0.2, -0.15) is 0 Å². The zero-order valence-electron chi connectivity index (χ0n) is 15.3. The molecular weight excluding hydrogens is 364 g/mol. The molecule has 0 saturated carbocycles. The van der Waals surface area contributed by atoms with Gasteiger partial charge >= 0.3 is 0 Å². The Morgan fingerprint density at radius 3 is 2.25 bits per heavy atom. The molecule has 8 heteroatoms. The first-order valence-corrected chi connectivity index (χ1v) is 8.93. The normalized spacial score (nSPS) is 11.6. The predicted molar refractivity (Wildman–Crippen MR) is 102 cm³/mol. The standard InChI is InChI=1S/C20H24N2O6/c23-12-13(22-20(28)15-8-5-10-17(25)18(15)26)6-3-4-11-21-19(27)14-7-1-2-9-16(14)24/h1-2,5,7-10,13,23-26H,3-4,6,11-12H2,(H,21,27)(H,22,28)/t13-/m0/s1. The van der Waals surface area contributed by atoms with Gasteiger partial charge in [0, 0.05) is 6.54 Å². The van der Waals surface area contributed by atoms with Crippen molar-refractivity contribution in [3.05, 3.63) is 53.6 Å². The summed E-state index contributed by atoms with van der Waals surface area (Å²) in [5, 5.41) is 43.6. The molecule has 0 aliphatic rings. The molecule has 2 aromatic carbocycles. The highest BCUT2D eigenvalue weighted by Gasteiger charge is 2.17. The maximum absolute atomic E-state index is 12.2. The van der Waals surface area contributed by atoms with Gasteiger partial charge in [-0.3, -0.25) is 9.59 Å². The monoisotopic (exact) mass is 388 g/mol. The van der Waals surface area contributed by atoms with Crippen LogP contribution in [0.1, 0.15) is 40.0 Å². The third-order valence-electron chi connectivity index (χ3n) is 4.23. The lowest BCUT2D eigenvalue weighted by Crippen LogP contribution is -2.37. The molecule has 0 radical (unpaired) electrons. The molecule has 2 aromatic rings. The van der Waals surface area contributed by atoms with Crippen molar-refractivity contribution in [2.24, 2.45) is 0 Å². The average molecular weight is 388 g/mol. The molecule has 0 fully saturated rings. The number of phenols is 3. The Balaban J connectivity index is 1.75. The number of carbonyl (C=O) groups excluding carboxylic acids is 2. The Hall–Kier alpha value is -3.26. The van der Waals surface area contributed by atoms with Crippen LogP contribution in [0.25, 0.3) is 0 Å². The fourth-order valence-electron chi connectivity index (χ4n) is 2.67. The van der Waals surface area contributed by atoms with E-state index in [0.29, 0.717) is 25.8 Å². The van der Waals surface area contributed by atoms with Crippen molar-refractivity contribution in [3.8, 4) is 17.2 Å². The number of carbonyl (C=O) groups is 2. The number of aliphatic hydroxyl groups is 1. The molecule has 2 rings (SSSR count). The smallest absolute Gasteiger partial charge is 0.255 e. The summed E-state index contributed by atoms with van der Waals surface area (Å²) in [6.45, 7) is 0.0994. The second kappa shape index (κ2) is 10.2. The number of nitrogens with one attached hydrogen (secondary N) is 2. The molecule has 150 valence electrons. The van der Waals surface area contributed by atoms with E-state index in [1.54, 1.807) is 12.1 Å². The van der Waals surface area contributed by atoms with Gasteiger partial charge in [0.15, 0.2) is 11.5 Å². The zero-order chi connectivity index (χ0) is 20.5. The van der Waals surface area contributed by atoms with E-state index in [0.717, 1.165) is 0 Å². The summed E-state index contributed by atoms with van der Waals surface area (Å²) >= 11 is 0. The predicted octanol–water partition coefficient (Wildman–Crippen LogP) is 1.49. The lowest BCUT2D eigenvalue weighted by atomic mass is 10.1. The lowest BCUT2D eigenvalue weighted by Gasteiger charge is -2.17. The van der Waals surface area contributed by atoms with Crippen molar-refractivity contribution in [2.75, 3.05) is 13.2 Å². The second-order valence-corrected chi connectivity index (χ2v) is 6.30. The lowest BCUT2D eigenvalue weighted by molar-refractivity contribution is 0.0908. The van der Waals surface area contributed by atoms with Crippen molar-refractivity contribution in [1.29, 1.82) is 0 Å². The van der Waals surface area contributed by atoms with Crippen LogP contribution in [0.4, 0.5) is 0 Å². The fourth-order valence-corrected chi connectivity index (χ4v) is 2.67. The van der Waals surface area contributed by atoms with Crippen LogP contribution in [0.15, 0.2) is 42.5 Å². The van der Waals surface area contributed by atoms with Crippen LogP contribution in [0.3, 0.4) is 0 Å². The van der Waals surface area contributed by atoms with Crippen molar-refractivity contribution in [2.45, 2.75) is 25.3 Å². The van der Waals surface area contributed by atoms with Gasteiger partial charge in [0.05, 0.1) is 23.8 Å². The van der Waals surface area contributed by atoms with Crippen molar-refractivity contribution in [3.63, 3.8) is 0 Å². The SMILES string of the molecule is O=C(NCCCC[C@@H](CO)NC(=O)c1cccc(O)c1O)c1ccccc1O. The van der Waals surface area contributed by atoms with E-state index in [1.165, 1.54) is 30.3 Å². The van der Waals surface area contributed by atoms with Crippen LogP contribution in [-0.4, -0.2) is 51.4 Å². The summed E-state index contributed by atoms with van der Waals surface area (Å²) in [4.78, 5) is 24.1. The first-order chi connectivity index (χ1) is 13.4. The number of para-hydroxylation sites is 2. The third-order valence-corrected chi connectivity index (χ3v) is 4.23. The van der Waals surface area contributed by atoms with Crippen LogP contribution in [0.2, 0.25) is 0 Å². The molecule has 28 heavy (non-hydrogen) atoms. The van der Waals surface area contributed by atoms with Gasteiger partial charge in [-0.15, -0.1) is 0 Å². The highest BCUT2D eigenvalue weighted by Crippen LogP contribution is 2.28. The Kier molecular flexibility index (Phi) is 7.65. The van der Waals surface area contributed by atoms with Crippen LogP contribution in [0.5, 0.6) is 17.2 Å². The maximum atomic E-state index is 12.2. The van der Waals surface area contributed by atoms with Crippen LogP contribution < -0.4 is 10.6 Å². The number of aromatic hydroxyl groups is 3. The topological polar surface area (TPSA) is 139 Å². The summed E-state index contributed by atoms with van der Waals surface area (Å²) in [6, 6.07) is 9.80. The molecule has 0 bridgehead atoms. The van der Waals surface area contributed by atoms with E-state index < -0.39 is 23.4 Å². The van der Waals surface area contributed by atoms with E-state index >= 15 is 0 Å². The molecule has 0 unspecified atom stereocenters. The average Bonchev–Trinajstić information content (AvgIpc) is 2.68. The van der Waals surface area contributed by atoms with E-state index in [1.807, 2.05) is 0 Å². The first kappa shape index (κ1) is 21.0. The summed E-state index contributed by atoms with van der Waals surface area (Å²) < 4.78 is 0. The van der Waals surface area contributed by atoms with Gasteiger partial charge in [0.1, 0.15) is 5.75 Å². The van der Waals surface area contributed by atoms with E-state index in [9.17, 15) is 30.0 Å². The molecule has 0 aliphatic heterocycles. The molecular formula is C20H24N2O6. The number of rotatable bonds is 9. The van der Waals surface area contributed by atoms with Crippen LogP contribution in [-0.2, 0) is 0 Å². The number of hydrogen-bond acceptors (Lipinski definition) is 6. The minimum absolute atomic E-state index is 0.0756. The second-order valence-electron chi connectivity index (χ2n) is 6.30. The third kappa shape index (κ3) is 5.62. The molecule has 0 heterocycles. The molecule has 6 N–H and O–H groups in total. The minimum atomic E-state index is -0.597. The number of benzene rings is 2. The fraction of sp³-hybridized carbons (Fsp3) is 0.300. The Morgan fingerprint density at radius 2 is 1.54 bits per heavy atom. The van der Waals surface area contributed by atoms with Gasteiger partial charge in [-0.25, -0.2) is 0 Å². The molecule has 0 aromatic heterocycles. The first-order valence-electron chi connectivity index (χ1n) is 8.93. The van der Waals surface area contributed by atoms with E-state index in [-0.39, 0.29) is 29.4 Å². The molecule has 2 amide bonds. The van der Waals surface area contributed by atoms with Crippen molar-refractivity contribution < 1.29 is 30.0 Å². The highest BCUT2D eigenvalue weighted by atomic mass is 16.3. The molecule has 1 atom stereocenters. The van der Waals surface area contributed by atoms with Crippen LogP contribution in [0, 0.1) is 0 Å². The quantitative estimate of drug-likeness (QED) is 0.284.